The van der Waals surface area contributed by atoms with Crippen LogP contribution in [-0.2, 0) is 16.4 Å². The fraction of sp³-hybridized carbons (Fsp3) is 0.389. The molecule has 2 atom stereocenters. The maximum atomic E-state index is 12.8. The molecule has 0 bridgehead atoms. The Bertz CT molecular complexity index is 889. The van der Waals surface area contributed by atoms with Gasteiger partial charge in [0.15, 0.2) is 9.84 Å². The van der Waals surface area contributed by atoms with Crippen molar-refractivity contribution in [3.05, 3.63) is 60.2 Å². The number of hydrogen-bond donors (Lipinski definition) is 0. The molecule has 0 spiro atoms. The van der Waals surface area contributed by atoms with E-state index in [0.29, 0.717) is 19.6 Å². The van der Waals surface area contributed by atoms with E-state index in [-0.39, 0.29) is 35.2 Å². The van der Waals surface area contributed by atoms with Crippen molar-refractivity contribution in [2.45, 2.75) is 18.6 Å². The van der Waals surface area contributed by atoms with E-state index in [9.17, 15) is 13.2 Å². The lowest BCUT2D eigenvalue weighted by atomic mass is 10.0. The Balaban J connectivity index is 1.59. The van der Waals surface area contributed by atoms with Crippen LogP contribution in [-0.4, -0.2) is 70.8 Å². The lowest BCUT2D eigenvalue weighted by Crippen LogP contribution is -2.60. The number of benzene rings is 1. The summed E-state index contributed by atoms with van der Waals surface area (Å²) in [6.45, 7) is 1.81. The standard InChI is InChI=1S/C18H20N4O3S/c23-18(15-10-19-6-7-20-15)22-9-8-21(11-14-4-2-1-3-5-14)16-12-26(24,25)13-17(16)22/h1-7,10,16-17H,8-9,11-13H2/t16-,17+/m1/s1. The number of carbonyl (C=O) groups is 1. The lowest BCUT2D eigenvalue weighted by Gasteiger charge is -2.43. The summed E-state index contributed by atoms with van der Waals surface area (Å²) >= 11 is 0. The molecule has 8 heteroatoms. The maximum absolute atomic E-state index is 12.8. The molecule has 0 N–H and O–H groups in total. The highest BCUT2D eigenvalue weighted by Gasteiger charge is 2.48. The second kappa shape index (κ2) is 6.77. The summed E-state index contributed by atoms with van der Waals surface area (Å²) in [6.07, 6.45) is 4.41. The Morgan fingerprint density at radius 3 is 2.58 bits per heavy atom. The SMILES string of the molecule is O=C(c1cnccn1)N1CCN(Cc2ccccc2)[C@@H]2CS(=O)(=O)C[C@@H]21. The lowest BCUT2D eigenvalue weighted by molar-refractivity contribution is 0.0301. The van der Waals surface area contributed by atoms with Crippen molar-refractivity contribution in [3.8, 4) is 0 Å². The zero-order chi connectivity index (χ0) is 18.1. The van der Waals surface area contributed by atoms with Gasteiger partial charge in [0.25, 0.3) is 5.91 Å². The topological polar surface area (TPSA) is 83.5 Å². The quantitative estimate of drug-likeness (QED) is 0.785. The Hall–Kier alpha value is -2.32. The van der Waals surface area contributed by atoms with Gasteiger partial charge in [-0.3, -0.25) is 14.7 Å². The minimum atomic E-state index is -3.17. The molecule has 0 saturated carbocycles. The molecule has 1 amide bonds. The Morgan fingerprint density at radius 1 is 1.08 bits per heavy atom. The summed E-state index contributed by atoms with van der Waals surface area (Å²) in [5.74, 6) is -0.145. The van der Waals surface area contributed by atoms with Crippen LogP contribution in [0.4, 0.5) is 0 Å². The summed E-state index contributed by atoms with van der Waals surface area (Å²) in [7, 11) is -3.17. The number of fused-ring (bicyclic) bond motifs is 1. The van der Waals surface area contributed by atoms with Crippen molar-refractivity contribution in [1.29, 1.82) is 0 Å². The van der Waals surface area contributed by atoms with Crippen molar-refractivity contribution in [2.24, 2.45) is 0 Å². The number of hydrogen-bond acceptors (Lipinski definition) is 6. The molecule has 2 fully saturated rings. The second-order valence-electron chi connectivity index (χ2n) is 6.76. The van der Waals surface area contributed by atoms with E-state index >= 15 is 0 Å². The van der Waals surface area contributed by atoms with E-state index in [1.165, 1.54) is 18.6 Å². The Labute approximate surface area is 152 Å². The van der Waals surface area contributed by atoms with Crippen LogP contribution in [0.15, 0.2) is 48.9 Å². The van der Waals surface area contributed by atoms with Gasteiger partial charge in [0.1, 0.15) is 5.69 Å². The van der Waals surface area contributed by atoms with Gasteiger partial charge in [-0.15, -0.1) is 0 Å². The second-order valence-corrected chi connectivity index (χ2v) is 8.91. The first kappa shape index (κ1) is 17.1. The third kappa shape index (κ3) is 3.34. The van der Waals surface area contributed by atoms with Crippen molar-refractivity contribution in [3.63, 3.8) is 0 Å². The third-order valence-corrected chi connectivity index (χ3v) is 6.76. The molecule has 2 saturated heterocycles. The van der Waals surface area contributed by atoms with Gasteiger partial charge < -0.3 is 4.90 Å². The van der Waals surface area contributed by atoms with Gasteiger partial charge in [-0.25, -0.2) is 13.4 Å². The van der Waals surface area contributed by atoms with Crippen molar-refractivity contribution >= 4 is 15.7 Å². The summed E-state index contributed by atoms with van der Waals surface area (Å²) < 4.78 is 24.6. The average Bonchev–Trinajstić information content (AvgIpc) is 2.98. The minimum Gasteiger partial charge on any atom is -0.330 e. The molecule has 1 aromatic carbocycles. The number of nitrogens with zero attached hydrogens (tertiary/aromatic N) is 4. The number of amides is 1. The maximum Gasteiger partial charge on any atom is 0.274 e. The van der Waals surface area contributed by atoms with E-state index < -0.39 is 9.84 Å². The zero-order valence-corrected chi connectivity index (χ0v) is 15.0. The molecule has 0 aliphatic carbocycles. The summed E-state index contributed by atoms with van der Waals surface area (Å²) in [5, 5.41) is 0. The van der Waals surface area contributed by atoms with Crippen LogP contribution < -0.4 is 0 Å². The van der Waals surface area contributed by atoms with Gasteiger partial charge >= 0.3 is 0 Å². The van der Waals surface area contributed by atoms with Crippen LogP contribution in [0.5, 0.6) is 0 Å². The van der Waals surface area contributed by atoms with Crippen LogP contribution >= 0.6 is 0 Å². The third-order valence-electron chi connectivity index (χ3n) is 5.06. The largest absolute Gasteiger partial charge is 0.330 e. The summed E-state index contributed by atoms with van der Waals surface area (Å²) in [5.41, 5.74) is 1.40. The first-order chi connectivity index (χ1) is 12.5. The normalized spacial score (nSPS) is 25.0. The first-order valence-electron chi connectivity index (χ1n) is 8.59. The molecular weight excluding hydrogens is 352 g/mol. The van der Waals surface area contributed by atoms with Gasteiger partial charge in [0, 0.05) is 38.1 Å². The number of rotatable bonds is 3. The summed E-state index contributed by atoms with van der Waals surface area (Å²) in [4.78, 5) is 24.7. The minimum absolute atomic E-state index is 0.00889. The zero-order valence-electron chi connectivity index (χ0n) is 14.2. The van der Waals surface area contributed by atoms with Crippen LogP contribution in [0.1, 0.15) is 16.1 Å². The molecule has 0 unspecified atom stereocenters. The highest BCUT2D eigenvalue weighted by molar-refractivity contribution is 7.91. The average molecular weight is 372 g/mol. The smallest absolute Gasteiger partial charge is 0.274 e. The van der Waals surface area contributed by atoms with Crippen LogP contribution in [0.2, 0.25) is 0 Å². The molecule has 2 aliphatic heterocycles. The van der Waals surface area contributed by atoms with Crippen molar-refractivity contribution in [2.75, 3.05) is 24.6 Å². The van der Waals surface area contributed by atoms with E-state index in [1.54, 1.807) is 4.90 Å². The fourth-order valence-electron chi connectivity index (χ4n) is 3.85. The van der Waals surface area contributed by atoms with Gasteiger partial charge in [0.05, 0.1) is 23.7 Å². The molecule has 4 rings (SSSR count). The first-order valence-corrected chi connectivity index (χ1v) is 10.4. The monoisotopic (exact) mass is 372 g/mol. The predicted octanol–water partition coefficient (Wildman–Crippen LogP) is 0.600. The van der Waals surface area contributed by atoms with Gasteiger partial charge in [0.2, 0.25) is 0 Å². The molecule has 0 radical (unpaired) electrons. The van der Waals surface area contributed by atoms with E-state index in [0.717, 1.165) is 5.56 Å². The molecule has 2 aliphatic rings. The van der Waals surface area contributed by atoms with Crippen LogP contribution in [0.3, 0.4) is 0 Å². The van der Waals surface area contributed by atoms with Gasteiger partial charge in [-0.2, -0.15) is 0 Å². The van der Waals surface area contributed by atoms with Crippen LogP contribution in [0, 0.1) is 0 Å². The highest BCUT2D eigenvalue weighted by atomic mass is 32.2. The van der Waals surface area contributed by atoms with Gasteiger partial charge in [-0.1, -0.05) is 30.3 Å². The molecule has 26 heavy (non-hydrogen) atoms. The summed E-state index contributed by atoms with van der Waals surface area (Å²) in [6, 6.07) is 9.47. The Morgan fingerprint density at radius 2 is 1.85 bits per heavy atom. The number of carbonyl (C=O) groups excluding carboxylic acids is 1. The van der Waals surface area contributed by atoms with Crippen LogP contribution in [0.25, 0.3) is 0 Å². The molecule has 136 valence electrons. The Kier molecular flexibility index (Phi) is 4.46. The van der Waals surface area contributed by atoms with E-state index in [2.05, 4.69) is 14.9 Å². The molecule has 3 heterocycles. The number of aromatic nitrogens is 2. The molecule has 1 aromatic heterocycles. The molecular formula is C18H20N4O3S. The highest BCUT2D eigenvalue weighted by Crippen LogP contribution is 2.29. The van der Waals surface area contributed by atoms with E-state index in [1.807, 2.05) is 30.3 Å². The van der Waals surface area contributed by atoms with Crippen molar-refractivity contribution in [1.82, 2.24) is 19.8 Å². The van der Waals surface area contributed by atoms with E-state index in [4.69, 9.17) is 0 Å². The van der Waals surface area contributed by atoms with Crippen molar-refractivity contribution < 1.29 is 13.2 Å². The molecule has 2 aromatic rings. The van der Waals surface area contributed by atoms with Gasteiger partial charge in [-0.05, 0) is 5.56 Å². The number of sulfone groups is 1. The predicted molar refractivity (Wildman–Crippen MR) is 96.2 cm³/mol. The molecule has 7 nitrogen and oxygen atoms in total. The fourth-order valence-corrected chi connectivity index (χ4v) is 5.86. The number of piperazine rings is 1.